The van der Waals surface area contributed by atoms with E-state index in [1.54, 1.807) is 12.3 Å². The zero-order valence-corrected chi connectivity index (χ0v) is 8.86. The van der Waals surface area contributed by atoms with Crippen LogP contribution in [0.5, 0.6) is 5.88 Å². The van der Waals surface area contributed by atoms with Gasteiger partial charge >= 0.3 is 0 Å². The maximum atomic E-state index is 5.30. The molecule has 1 aromatic heterocycles. The monoisotopic (exact) mass is 208 g/mol. The Balaban J connectivity index is 1.97. The molecule has 1 aromatic rings. The van der Waals surface area contributed by atoms with Crippen LogP contribution in [0.15, 0.2) is 12.3 Å². The number of anilines is 1. The molecule has 2 rings (SSSR count). The van der Waals surface area contributed by atoms with Crippen molar-refractivity contribution in [2.24, 2.45) is 0 Å². The zero-order chi connectivity index (χ0) is 10.5. The van der Waals surface area contributed by atoms with Gasteiger partial charge in [0.15, 0.2) is 0 Å². The summed E-state index contributed by atoms with van der Waals surface area (Å²) in [4.78, 5) is 8.41. The van der Waals surface area contributed by atoms with Crippen molar-refractivity contribution in [3.8, 4) is 5.88 Å². The molecular weight excluding hydrogens is 192 g/mol. The molecule has 1 atom stereocenters. The van der Waals surface area contributed by atoms with Crippen molar-refractivity contribution in [2.45, 2.75) is 19.4 Å². The lowest BCUT2D eigenvalue weighted by Gasteiger charge is -2.11. The number of ether oxygens (including phenoxy) is 1. The van der Waals surface area contributed by atoms with Gasteiger partial charge in [0.2, 0.25) is 11.8 Å². The maximum Gasteiger partial charge on any atom is 0.226 e. The van der Waals surface area contributed by atoms with Crippen LogP contribution < -0.4 is 15.4 Å². The molecule has 82 valence electrons. The number of aromatic nitrogens is 2. The van der Waals surface area contributed by atoms with Crippen LogP contribution in [0.25, 0.3) is 0 Å². The van der Waals surface area contributed by atoms with Gasteiger partial charge in [0.25, 0.3) is 0 Å². The van der Waals surface area contributed by atoms with E-state index in [2.05, 4.69) is 20.6 Å². The molecule has 15 heavy (non-hydrogen) atoms. The third-order valence-corrected chi connectivity index (χ3v) is 2.32. The lowest BCUT2D eigenvalue weighted by atomic mass is 10.3. The van der Waals surface area contributed by atoms with Gasteiger partial charge in [-0.25, -0.2) is 4.98 Å². The smallest absolute Gasteiger partial charge is 0.226 e. The Morgan fingerprint density at radius 1 is 1.67 bits per heavy atom. The number of hydrogen-bond acceptors (Lipinski definition) is 5. The van der Waals surface area contributed by atoms with E-state index in [-0.39, 0.29) is 0 Å². The Bertz CT molecular complexity index is 312. The Morgan fingerprint density at radius 2 is 2.60 bits per heavy atom. The van der Waals surface area contributed by atoms with Crippen LogP contribution in [0.3, 0.4) is 0 Å². The Kier molecular flexibility index (Phi) is 3.34. The Labute approximate surface area is 89.3 Å². The fourth-order valence-electron chi connectivity index (χ4n) is 1.60. The lowest BCUT2D eigenvalue weighted by molar-refractivity contribution is 0.326. The van der Waals surface area contributed by atoms with Crippen LogP contribution in [0, 0.1) is 0 Å². The van der Waals surface area contributed by atoms with Gasteiger partial charge < -0.3 is 15.4 Å². The van der Waals surface area contributed by atoms with Crippen molar-refractivity contribution in [1.82, 2.24) is 15.3 Å². The molecule has 0 aliphatic carbocycles. The summed E-state index contributed by atoms with van der Waals surface area (Å²) >= 11 is 0. The molecule has 0 bridgehead atoms. The Morgan fingerprint density at radius 3 is 3.33 bits per heavy atom. The fourth-order valence-corrected chi connectivity index (χ4v) is 1.60. The summed E-state index contributed by atoms with van der Waals surface area (Å²) in [6.07, 6.45) is 2.82. The highest BCUT2D eigenvalue weighted by Crippen LogP contribution is 2.10. The van der Waals surface area contributed by atoms with E-state index in [0.29, 0.717) is 24.5 Å². The standard InChI is InChI=1S/C10H16N4O/c1-2-15-9-4-6-12-10(14-9)13-8-3-5-11-7-8/h4,6,8,11H,2-3,5,7H2,1H3,(H,12,13,14). The molecule has 1 unspecified atom stereocenters. The first-order valence-corrected chi connectivity index (χ1v) is 5.31. The van der Waals surface area contributed by atoms with Gasteiger partial charge in [-0.1, -0.05) is 0 Å². The summed E-state index contributed by atoms with van der Waals surface area (Å²) in [7, 11) is 0. The van der Waals surface area contributed by atoms with Crippen molar-refractivity contribution in [2.75, 3.05) is 25.0 Å². The van der Waals surface area contributed by atoms with Crippen molar-refractivity contribution in [3.05, 3.63) is 12.3 Å². The van der Waals surface area contributed by atoms with Gasteiger partial charge in [-0.15, -0.1) is 0 Å². The molecular formula is C10H16N4O. The summed E-state index contributed by atoms with van der Waals surface area (Å²) in [5.41, 5.74) is 0. The molecule has 1 saturated heterocycles. The van der Waals surface area contributed by atoms with Crippen LogP contribution in [0.1, 0.15) is 13.3 Å². The van der Waals surface area contributed by atoms with Crippen molar-refractivity contribution in [1.29, 1.82) is 0 Å². The summed E-state index contributed by atoms with van der Waals surface area (Å²) in [6, 6.07) is 2.20. The van der Waals surface area contributed by atoms with Gasteiger partial charge in [-0.3, -0.25) is 0 Å². The normalized spacial score (nSPS) is 20.2. The van der Waals surface area contributed by atoms with Gasteiger partial charge in [-0.05, 0) is 19.9 Å². The van der Waals surface area contributed by atoms with Gasteiger partial charge in [0, 0.05) is 24.8 Å². The minimum absolute atomic E-state index is 0.432. The molecule has 1 fully saturated rings. The highest BCUT2D eigenvalue weighted by molar-refractivity contribution is 5.29. The van der Waals surface area contributed by atoms with E-state index in [9.17, 15) is 0 Å². The number of nitrogens with zero attached hydrogens (tertiary/aromatic N) is 2. The van der Waals surface area contributed by atoms with Crippen LogP contribution in [-0.4, -0.2) is 35.7 Å². The maximum absolute atomic E-state index is 5.30. The molecule has 2 N–H and O–H groups in total. The number of nitrogens with one attached hydrogen (secondary N) is 2. The highest BCUT2D eigenvalue weighted by atomic mass is 16.5. The van der Waals surface area contributed by atoms with E-state index in [0.717, 1.165) is 19.5 Å². The summed E-state index contributed by atoms with van der Waals surface area (Å²) in [6.45, 7) is 4.60. The lowest BCUT2D eigenvalue weighted by Crippen LogP contribution is -2.23. The predicted octanol–water partition coefficient (Wildman–Crippen LogP) is 0.649. The number of rotatable bonds is 4. The van der Waals surface area contributed by atoms with Gasteiger partial charge in [-0.2, -0.15) is 4.98 Å². The molecule has 5 nitrogen and oxygen atoms in total. The zero-order valence-electron chi connectivity index (χ0n) is 8.86. The summed E-state index contributed by atoms with van der Waals surface area (Å²) < 4.78 is 5.30. The van der Waals surface area contributed by atoms with Crippen molar-refractivity contribution < 1.29 is 4.74 Å². The quantitative estimate of drug-likeness (QED) is 0.760. The second-order valence-corrected chi connectivity index (χ2v) is 3.49. The molecule has 1 aliphatic heterocycles. The van der Waals surface area contributed by atoms with Crippen LogP contribution in [-0.2, 0) is 0 Å². The molecule has 0 spiro atoms. The van der Waals surface area contributed by atoms with Crippen LogP contribution in [0.2, 0.25) is 0 Å². The van der Waals surface area contributed by atoms with E-state index >= 15 is 0 Å². The van der Waals surface area contributed by atoms with E-state index in [1.807, 2.05) is 6.92 Å². The average Bonchev–Trinajstić information content (AvgIpc) is 2.71. The largest absolute Gasteiger partial charge is 0.478 e. The number of hydrogen-bond donors (Lipinski definition) is 2. The second-order valence-electron chi connectivity index (χ2n) is 3.49. The van der Waals surface area contributed by atoms with E-state index in [1.165, 1.54) is 0 Å². The molecule has 2 heterocycles. The third kappa shape index (κ3) is 2.79. The van der Waals surface area contributed by atoms with E-state index in [4.69, 9.17) is 4.74 Å². The molecule has 5 heteroatoms. The molecule has 0 amide bonds. The predicted molar refractivity (Wildman–Crippen MR) is 58.1 cm³/mol. The van der Waals surface area contributed by atoms with Gasteiger partial charge in [0.05, 0.1) is 6.61 Å². The first-order chi connectivity index (χ1) is 7.38. The average molecular weight is 208 g/mol. The Hall–Kier alpha value is -1.36. The first kappa shape index (κ1) is 10.2. The summed E-state index contributed by atoms with van der Waals surface area (Å²) in [5.74, 6) is 1.27. The SMILES string of the molecule is CCOc1ccnc(NC2CCNC2)n1. The molecule has 0 radical (unpaired) electrons. The van der Waals surface area contributed by atoms with Crippen LogP contribution >= 0.6 is 0 Å². The van der Waals surface area contributed by atoms with Crippen molar-refractivity contribution >= 4 is 5.95 Å². The van der Waals surface area contributed by atoms with E-state index < -0.39 is 0 Å². The fraction of sp³-hybridized carbons (Fsp3) is 0.600. The topological polar surface area (TPSA) is 59.1 Å². The minimum Gasteiger partial charge on any atom is -0.478 e. The minimum atomic E-state index is 0.432. The van der Waals surface area contributed by atoms with Crippen molar-refractivity contribution in [3.63, 3.8) is 0 Å². The van der Waals surface area contributed by atoms with Gasteiger partial charge in [0.1, 0.15) is 0 Å². The van der Waals surface area contributed by atoms with Crippen LogP contribution in [0.4, 0.5) is 5.95 Å². The second kappa shape index (κ2) is 4.93. The molecule has 1 aliphatic rings. The first-order valence-electron chi connectivity index (χ1n) is 5.31. The molecule has 0 aromatic carbocycles. The third-order valence-electron chi connectivity index (χ3n) is 2.32. The summed E-state index contributed by atoms with van der Waals surface area (Å²) in [5, 5.41) is 6.56. The molecule has 0 saturated carbocycles. The highest BCUT2D eigenvalue weighted by Gasteiger charge is 2.14.